The summed E-state index contributed by atoms with van der Waals surface area (Å²) in [5, 5.41) is 26.0. The number of piperazine rings is 1. The number of piperidine rings is 1. The largest absolute Gasteiger partial charge is 0.507 e. The maximum atomic E-state index is 10.3. The van der Waals surface area contributed by atoms with Gasteiger partial charge < -0.3 is 25.4 Å². The number of para-hydroxylation sites is 1. The van der Waals surface area contributed by atoms with Gasteiger partial charge in [0.15, 0.2) is 5.82 Å². The van der Waals surface area contributed by atoms with E-state index in [1.807, 2.05) is 18.2 Å². The molecule has 9 nitrogen and oxygen atoms in total. The minimum Gasteiger partial charge on any atom is -0.507 e. The Morgan fingerprint density at radius 3 is 2.77 bits per heavy atom. The van der Waals surface area contributed by atoms with E-state index in [1.165, 1.54) is 13.0 Å². The van der Waals surface area contributed by atoms with Crippen LogP contribution < -0.4 is 15.5 Å². The zero-order chi connectivity index (χ0) is 23.6. The number of hydrogen-bond donors (Lipinski definition) is 3. The Bertz CT molecular complexity index is 1010. The Kier molecular flexibility index (Phi) is 6.73. The van der Waals surface area contributed by atoms with Crippen LogP contribution in [0.2, 0.25) is 0 Å². The zero-order valence-corrected chi connectivity index (χ0v) is 20.4. The summed E-state index contributed by atoms with van der Waals surface area (Å²) < 4.78 is 6.14. The van der Waals surface area contributed by atoms with E-state index in [0.717, 1.165) is 88.9 Å². The number of anilines is 2. The van der Waals surface area contributed by atoms with Crippen molar-refractivity contribution in [2.24, 2.45) is 0 Å². The van der Waals surface area contributed by atoms with E-state index in [2.05, 4.69) is 41.6 Å². The standard InChI is InChI=1S/C26H37N7O2/c34-25-4-2-1-3-22(25)23-15-24-26(30-29-23)28-16-20-18-32(11-12-33(20)24)19-7-10-31(17-19)13-14-35-21-5-8-27-9-6-21/h1-4,15,19-21,27,34H,5-14,16-18H2,(H,28,30). The Balaban J connectivity index is 1.05. The lowest BCUT2D eigenvalue weighted by molar-refractivity contribution is 0.0219. The lowest BCUT2D eigenvalue weighted by Crippen LogP contribution is -2.60. The van der Waals surface area contributed by atoms with E-state index in [0.29, 0.717) is 23.9 Å². The number of fused-ring (bicyclic) bond motifs is 3. The molecule has 5 heterocycles. The summed E-state index contributed by atoms with van der Waals surface area (Å²) in [6, 6.07) is 10.4. The summed E-state index contributed by atoms with van der Waals surface area (Å²) in [4.78, 5) is 7.76. The van der Waals surface area contributed by atoms with Crippen LogP contribution in [-0.4, -0.2) is 109 Å². The summed E-state index contributed by atoms with van der Waals surface area (Å²) in [7, 11) is 0. The molecule has 0 aliphatic carbocycles. The highest BCUT2D eigenvalue weighted by molar-refractivity contribution is 5.76. The summed E-state index contributed by atoms with van der Waals surface area (Å²) in [5.74, 6) is 1.08. The first-order valence-electron chi connectivity index (χ1n) is 13.2. The van der Waals surface area contributed by atoms with Gasteiger partial charge in [0.2, 0.25) is 0 Å². The number of nitrogens with zero attached hydrogens (tertiary/aromatic N) is 5. The molecule has 6 rings (SSSR count). The molecule has 2 atom stereocenters. The van der Waals surface area contributed by atoms with Crippen LogP contribution in [0.5, 0.6) is 5.75 Å². The van der Waals surface area contributed by atoms with E-state index in [1.54, 1.807) is 6.07 Å². The van der Waals surface area contributed by atoms with Gasteiger partial charge in [-0.1, -0.05) is 12.1 Å². The molecule has 0 amide bonds. The van der Waals surface area contributed by atoms with Gasteiger partial charge in [-0.05, 0) is 57.1 Å². The molecule has 35 heavy (non-hydrogen) atoms. The van der Waals surface area contributed by atoms with E-state index in [4.69, 9.17) is 4.74 Å². The smallest absolute Gasteiger partial charge is 0.172 e. The second-order valence-corrected chi connectivity index (χ2v) is 10.3. The maximum Gasteiger partial charge on any atom is 0.172 e. The van der Waals surface area contributed by atoms with Crippen LogP contribution in [0.25, 0.3) is 11.3 Å². The molecule has 1 aromatic carbocycles. The molecule has 3 saturated heterocycles. The maximum absolute atomic E-state index is 10.3. The van der Waals surface area contributed by atoms with Gasteiger partial charge in [-0.2, -0.15) is 0 Å². The number of benzene rings is 1. The lowest BCUT2D eigenvalue weighted by atomic mass is 10.0. The molecule has 9 heteroatoms. The molecule has 188 valence electrons. The molecule has 0 radical (unpaired) electrons. The molecular formula is C26H37N7O2. The monoisotopic (exact) mass is 479 g/mol. The Morgan fingerprint density at radius 1 is 1.00 bits per heavy atom. The molecule has 0 saturated carbocycles. The van der Waals surface area contributed by atoms with Crippen molar-refractivity contribution in [2.45, 2.75) is 37.5 Å². The first-order chi connectivity index (χ1) is 17.2. The van der Waals surface area contributed by atoms with Crippen molar-refractivity contribution < 1.29 is 9.84 Å². The van der Waals surface area contributed by atoms with Crippen LogP contribution in [0.15, 0.2) is 30.3 Å². The quantitative estimate of drug-likeness (QED) is 0.572. The molecule has 4 aliphatic rings. The Morgan fingerprint density at radius 2 is 1.89 bits per heavy atom. The number of hydrogen-bond acceptors (Lipinski definition) is 9. The molecule has 2 unspecified atom stereocenters. The highest BCUT2D eigenvalue weighted by Gasteiger charge is 2.37. The van der Waals surface area contributed by atoms with Crippen molar-refractivity contribution in [3.63, 3.8) is 0 Å². The molecule has 3 fully saturated rings. The van der Waals surface area contributed by atoms with Crippen LogP contribution in [-0.2, 0) is 4.74 Å². The van der Waals surface area contributed by atoms with Crippen molar-refractivity contribution in [1.82, 2.24) is 25.3 Å². The third-order valence-corrected chi connectivity index (χ3v) is 8.09. The lowest BCUT2D eigenvalue weighted by Gasteiger charge is -2.47. The van der Waals surface area contributed by atoms with E-state index < -0.39 is 0 Å². The van der Waals surface area contributed by atoms with Gasteiger partial charge in [-0.3, -0.25) is 9.80 Å². The van der Waals surface area contributed by atoms with Crippen molar-refractivity contribution >= 4 is 11.5 Å². The highest BCUT2D eigenvalue weighted by Crippen LogP contribution is 2.36. The molecular weight excluding hydrogens is 442 g/mol. The first-order valence-corrected chi connectivity index (χ1v) is 13.2. The van der Waals surface area contributed by atoms with Crippen molar-refractivity contribution in [1.29, 1.82) is 0 Å². The number of likely N-dealkylation sites (tertiary alicyclic amines) is 1. The number of aromatic hydroxyl groups is 1. The molecule has 3 N–H and O–H groups in total. The molecule has 0 spiro atoms. The SMILES string of the molecule is Oc1ccccc1-c1cc2c(nn1)NCC1CN(C3CCN(CCOC4CCNCC4)C3)CCN21. The minimum atomic E-state index is 0.235. The van der Waals surface area contributed by atoms with Gasteiger partial charge in [-0.25, -0.2) is 0 Å². The topological polar surface area (TPSA) is 89.0 Å². The average Bonchev–Trinajstić information content (AvgIpc) is 3.38. The van der Waals surface area contributed by atoms with Crippen LogP contribution in [0.4, 0.5) is 11.5 Å². The van der Waals surface area contributed by atoms with Crippen molar-refractivity contribution in [2.75, 3.05) is 75.7 Å². The van der Waals surface area contributed by atoms with E-state index in [9.17, 15) is 5.11 Å². The van der Waals surface area contributed by atoms with Crippen molar-refractivity contribution in [3.05, 3.63) is 30.3 Å². The van der Waals surface area contributed by atoms with Crippen molar-refractivity contribution in [3.8, 4) is 17.0 Å². The minimum absolute atomic E-state index is 0.235. The predicted molar refractivity (Wildman–Crippen MR) is 137 cm³/mol. The normalized spacial score (nSPS) is 25.8. The van der Waals surface area contributed by atoms with Crippen LogP contribution in [0, 0.1) is 0 Å². The number of nitrogens with one attached hydrogen (secondary N) is 2. The summed E-state index contributed by atoms with van der Waals surface area (Å²) in [5.41, 5.74) is 2.53. The third kappa shape index (κ3) is 4.95. The van der Waals surface area contributed by atoms with Gasteiger partial charge in [0.05, 0.1) is 30.1 Å². The van der Waals surface area contributed by atoms with Gasteiger partial charge in [-0.15, -0.1) is 10.2 Å². The van der Waals surface area contributed by atoms with E-state index >= 15 is 0 Å². The number of aromatic nitrogens is 2. The Hall–Kier alpha value is -2.46. The number of phenolic OH excluding ortho intramolecular Hbond substituents is 1. The number of ether oxygens (including phenoxy) is 1. The van der Waals surface area contributed by atoms with Gasteiger partial charge >= 0.3 is 0 Å². The highest BCUT2D eigenvalue weighted by atomic mass is 16.5. The average molecular weight is 480 g/mol. The predicted octanol–water partition coefficient (Wildman–Crippen LogP) is 1.61. The fourth-order valence-electron chi connectivity index (χ4n) is 6.09. The first kappa shape index (κ1) is 23.0. The molecule has 0 bridgehead atoms. The van der Waals surface area contributed by atoms with Crippen LogP contribution in [0.3, 0.4) is 0 Å². The number of phenols is 1. The van der Waals surface area contributed by atoms with Gasteiger partial charge in [0.25, 0.3) is 0 Å². The molecule has 2 aromatic rings. The van der Waals surface area contributed by atoms with Gasteiger partial charge in [0, 0.05) is 50.9 Å². The molecule has 1 aromatic heterocycles. The Labute approximate surface area is 207 Å². The zero-order valence-electron chi connectivity index (χ0n) is 20.4. The second kappa shape index (κ2) is 10.3. The van der Waals surface area contributed by atoms with Crippen LogP contribution in [0.1, 0.15) is 19.3 Å². The summed E-state index contributed by atoms with van der Waals surface area (Å²) in [6.45, 7) is 10.4. The van der Waals surface area contributed by atoms with E-state index in [-0.39, 0.29) is 5.75 Å². The number of rotatable bonds is 6. The fraction of sp³-hybridized carbons (Fsp3) is 0.615. The third-order valence-electron chi connectivity index (χ3n) is 8.09. The second-order valence-electron chi connectivity index (χ2n) is 10.3. The van der Waals surface area contributed by atoms with Gasteiger partial charge in [0.1, 0.15) is 5.75 Å². The summed E-state index contributed by atoms with van der Waals surface area (Å²) >= 11 is 0. The summed E-state index contributed by atoms with van der Waals surface area (Å²) in [6.07, 6.45) is 3.98. The fourth-order valence-corrected chi connectivity index (χ4v) is 6.09. The molecule has 4 aliphatic heterocycles. The van der Waals surface area contributed by atoms with Crippen LogP contribution >= 0.6 is 0 Å².